The van der Waals surface area contributed by atoms with Crippen molar-refractivity contribution >= 4 is 28.7 Å². The molecule has 0 saturated heterocycles. The fourth-order valence-electron chi connectivity index (χ4n) is 2.37. The Morgan fingerprint density at radius 1 is 1.23 bits per heavy atom. The van der Waals surface area contributed by atoms with Gasteiger partial charge in [0.1, 0.15) is 5.15 Å². The van der Waals surface area contributed by atoms with Gasteiger partial charge in [-0.25, -0.2) is 23.1 Å². The molecule has 2 aromatic heterocycles. The highest BCUT2D eigenvalue weighted by atomic mass is 35.5. The van der Waals surface area contributed by atoms with Gasteiger partial charge in [0.05, 0.1) is 5.69 Å². The molecule has 0 aliphatic rings. The fraction of sp³-hybridized carbons (Fsp3) is 0.0667. The molecule has 0 saturated carbocycles. The number of fused-ring (bicyclic) bond motifs is 1. The molecule has 0 unspecified atom stereocenters. The molecule has 4 nitrogen and oxygen atoms in total. The van der Waals surface area contributed by atoms with Crippen LogP contribution in [0.15, 0.2) is 42.5 Å². The number of aromatic nitrogens is 2. The molecule has 112 valence electrons. The van der Waals surface area contributed by atoms with Crippen LogP contribution in [0.2, 0.25) is 5.15 Å². The Morgan fingerprint density at radius 2 is 1.95 bits per heavy atom. The van der Waals surface area contributed by atoms with Crippen molar-refractivity contribution in [3.63, 3.8) is 0 Å². The molecule has 0 radical (unpaired) electrons. The van der Waals surface area contributed by atoms with Gasteiger partial charge >= 0.3 is 6.09 Å². The Labute approximate surface area is 128 Å². The number of pyridine rings is 1. The summed E-state index contributed by atoms with van der Waals surface area (Å²) < 4.78 is 27.2. The van der Waals surface area contributed by atoms with Crippen molar-refractivity contribution in [2.24, 2.45) is 0 Å². The van der Waals surface area contributed by atoms with Crippen LogP contribution in [0.5, 0.6) is 0 Å². The summed E-state index contributed by atoms with van der Waals surface area (Å²) in [5.74, 6) is 0. The van der Waals surface area contributed by atoms with Gasteiger partial charge in [0.25, 0.3) is 6.43 Å². The van der Waals surface area contributed by atoms with E-state index < -0.39 is 12.5 Å². The number of nitrogens with zero attached hydrogens (tertiary/aromatic N) is 2. The molecule has 0 bridgehead atoms. The summed E-state index contributed by atoms with van der Waals surface area (Å²) in [5.41, 5.74) is 0.153. The summed E-state index contributed by atoms with van der Waals surface area (Å²) in [6, 6.07) is 10.4. The van der Waals surface area contributed by atoms with Gasteiger partial charge < -0.3 is 5.11 Å². The second-order valence-electron chi connectivity index (χ2n) is 4.58. The number of alkyl halides is 2. The number of hydrogen-bond donors (Lipinski definition) is 1. The molecule has 0 amide bonds. The van der Waals surface area contributed by atoms with Crippen molar-refractivity contribution in [2.45, 2.75) is 6.43 Å². The maximum atomic E-state index is 13.2. The Balaban J connectivity index is 2.37. The van der Waals surface area contributed by atoms with Gasteiger partial charge in [-0.15, -0.1) is 0 Å². The molecule has 22 heavy (non-hydrogen) atoms. The predicted molar refractivity (Wildman–Crippen MR) is 78.6 cm³/mol. The van der Waals surface area contributed by atoms with E-state index in [2.05, 4.69) is 4.98 Å². The van der Waals surface area contributed by atoms with E-state index in [1.807, 2.05) is 0 Å². The van der Waals surface area contributed by atoms with Crippen LogP contribution in [0, 0.1) is 0 Å². The summed E-state index contributed by atoms with van der Waals surface area (Å²) in [5, 5.41) is 10.1. The Morgan fingerprint density at radius 3 is 2.64 bits per heavy atom. The first kappa shape index (κ1) is 14.5. The Hall–Kier alpha value is -2.47. The molecule has 1 aromatic carbocycles. The number of benzene rings is 1. The third-order valence-electron chi connectivity index (χ3n) is 3.28. The van der Waals surface area contributed by atoms with Crippen LogP contribution in [0.4, 0.5) is 13.6 Å². The van der Waals surface area contributed by atoms with E-state index in [9.17, 15) is 18.7 Å². The molecule has 0 aliphatic carbocycles. The fourth-order valence-corrected chi connectivity index (χ4v) is 2.51. The van der Waals surface area contributed by atoms with E-state index in [-0.39, 0.29) is 27.6 Å². The second kappa shape index (κ2) is 5.38. The van der Waals surface area contributed by atoms with Gasteiger partial charge in [0, 0.05) is 16.5 Å². The quantitative estimate of drug-likeness (QED) is 0.688. The third kappa shape index (κ3) is 2.31. The Bertz CT molecular complexity index is 877. The lowest BCUT2D eigenvalue weighted by atomic mass is 10.0. The van der Waals surface area contributed by atoms with Crippen LogP contribution in [0.3, 0.4) is 0 Å². The third-order valence-corrected chi connectivity index (χ3v) is 3.49. The van der Waals surface area contributed by atoms with Crippen molar-refractivity contribution in [3.05, 3.63) is 53.2 Å². The minimum absolute atomic E-state index is 0.110. The van der Waals surface area contributed by atoms with Crippen molar-refractivity contribution in [1.29, 1.82) is 0 Å². The molecule has 2 heterocycles. The summed E-state index contributed by atoms with van der Waals surface area (Å²) in [7, 11) is 0. The van der Waals surface area contributed by atoms with E-state index in [4.69, 9.17) is 11.6 Å². The largest absolute Gasteiger partial charge is 0.464 e. The highest BCUT2D eigenvalue weighted by Crippen LogP contribution is 2.34. The number of carbonyl (C=O) groups is 1. The smallest absolute Gasteiger partial charge is 0.417 e. The van der Waals surface area contributed by atoms with Gasteiger partial charge in [-0.05, 0) is 18.2 Å². The molecule has 0 atom stereocenters. The molecule has 0 aliphatic heterocycles. The average molecular weight is 323 g/mol. The first-order chi connectivity index (χ1) is 10.5. The monoisotopic (exact) mass is 322 g/mol. The van der Waals surface area contributed by atoms with Gasteiger partial charge in [-0.1, -0.05) is 35.9 Å². The number of hydrogen-bond acceptors (Lipinski definition) is 2. The number of halogens is 3. The van der Waals surface area contributed by atoms with Gasteiger partial charge in [0.15, 0.2) is 5.65 Å². The second-order valence-corrected chi connectivity index (χ2v) is 4.97. The van der Waals surface area contributed by atoms with E-state index in [1.165, 1.54) is 30.3 Å². The minimum atomic E-state index is -2.71. The van der Waals surface area contributed by atoms with Crippen molar-refractivity contribution < 1.29 is 18.7 Å². The van der Waals surface area contributed by atoms with E-state index in [1.54, 1.807) is 12.1 Å². The molecule has 3 aromatic rings. The highest BCUT2D eigenvalue weighted by molar-refractivity contribution is 6.29. The van der Waals surface area contributed by atoms with E-state index in [0.717, 1.165) is 4.57 Å². The molecule has 0 spiro atoms. The molecule has 3 rings (SSSR count). The van der Waals surface area contributed by atoms with Crippen LogP contribution < -0.4 is 0 Å². The minimum Gasteiger partial charge on any atom is -0.464 e. The van der Waals surface area contributed by atoms with Crippen LogP contribution in [0.1, 0.15) is 12.0 Å². The number of rotatable bonds is 2. The van der Waals surface area contributed by atoms with Crippen LogP contribution in [-0.4, -0.2) is 20.8 Å². The van der Waals surface area contributed by atoms with E-state index >= 15 is 0 Å². The summed E-state index contributed by atoms with van der Waals surface area (Å²) in [4.78, 5) is 15.5. The molecule has 7 heteroatoms. The van der Waals surface area contributed by atoms with Gasteiger partial charge in [-0.3, -0.25) is 0 Å². The summed E-state index contributed by atoms with van der Waals surface area (Å²) >= 11 is 5.79. The topological polar surface area (TPSA) is 55.1 Å². The van der Waals surface area contributed by atoms with Crippen molar-refractivity contribution in [1.82, 2.24) is 9.55 Å². The van der Waals surface area contributed by atoms with Crippen LogP contribution in [0.25, 0.3) is 22.3 Å². The van der Waals surface area contributed by atoms with Crippen LogP contribution >= 0.6 is 11.6 Å². The Kier molecular flexibility index (Phi) is 3.54. The molecule has 0 fully saturated rings. The summed E-state index contributed by atoms with van der Waals surface area (Å²) in [6.45, 7) is 0. The lowest BCUT2D eigenvalue weighted by Crippen LogP contribution is -2.10. The van der Waals surface area contributed by atoms with Gasteiger partial charge in [-0.2, -0.15) is 0 Å². The normalized spacial score (nSPS) is 11.3. The zero-order valence-corrected chi connectivity index (χ0v) is 11.8. The molecular weight excluding hydrogens is 314 g/mol. The standard InChI is InChI=1S/C15H9ClF2N2O2/c16-12-6-5-8-7-11(20(15(21)22)14(8)19-12)9-3-1-2-4-10(9)13(17)18/h1-7,13H,(H,21,22). The SMILES string of the molecule is O=C(O)n1c(-c2ccccc2C(F)F)cc2ccc(Cl)nc21. The lowest BCUT2D eigenvalue weighted by molar-refractivity contribution is 0.152. The van der Waals surface area contributed by atoms with Crippen molar-refractivity contribution in [3.8, 4) is 11.3 Å². The first-order valence-corrected chi connectivity index (χ1v) is 6.65. The molecular formula is C15H9ClF2N2O2. The maximum Gasteiger partial charge on any atom is 0.417 e. The van der Waals surface area contributed by atoms with Gasteiger partial charge in [0.2, 0.25) is 0 Å². The number of carboxylic acid groups (broad SMARTS) is 1. The highest BCUT2D eigenvalue weighted by Gasteiger charge is 2.21. The van der Waals surface area contributed by atoms with Crippen molar-refractivity contribution in [2.75, 3.05) is 0 Å². The molecule has 1 N–H and O–H groups in total. The first-order valence-electron chi connectivity index (χ1n) is 6.28. The van der Waals surface area contributed by atoms with E-state index in [0.29, 0.717) is 5.39 Å². The maximum absolute atomic E-state index is 13.2. The van der Waals surface area contributed by atoms with Crippen LogP contribution in [-0.2, 0) is 0 Å². The lowest BCUT2D eigenvalue weighted by Gasteiger charge is -2.10. The average Bonchev–Trinajstić information content (AvgIpc) is 2.85. The zero-order valence-electron chi connectivity index (χ0n) is 11.0. The zero-order chi connectivity index (χ0) is 15.9. The predicted octanol–water partition coefficient (Wildman–Crippen LogP) is 4.82. The summed E-state index contributed by atoms with van der Waals surface area (Å²) in [6.07, 6.45) is -4.03.